The van der Waals surface area contributed by atoms with Crippen molar-refractivity contribution in [2.45, 2.75) is 19.4 Å². The Labute approximate surface area is 136 Å². The van der Waals surface area contributed by atoms with E-state index in [0.717, 1.165) is 31.9 Å². The topological polar surface area (TPSA) is 34.0 Å². The maximum atomic E-state index is 4.44. The van der Waals surface area contributed by atoms with E-state index in [1.165, 1.54) is 22.8 Å². The number of rotatable bonds is 4. The zero-order valence-electron chi connectivity index (χ0n) is 13.5. The van der Waals surface area contributed by atoms with Gasteiger partial charge in [-0.05, 0) is 36.3 Å². The second-order valence-electron chi connectivity index (χ2n) is 6.57. The summed E-state index contributed by atoms with van der Waals surface area (Å²) in [6.07, 6.45) is 10.3. The van der Waals surface area contributed by atoms with Crippen LogP contribution in [0.3, 0.4) is 0 Å². The molecule has 3 aromatic rings. The molecule has 23 heavy (non-hydrogen) atoms. The fourth-order valence-electron chi connectivity index (χ4n) is 3.62. The SMILES string of the molecule is Cn1ccnc1CN1CCC(Cc2cncc3ccccc23)C1. The summed E-state index contributed by atoms with van der Waals surface area (Å²) in [5.74, 6) is 1.86. The molecule has 3 heterocycles. The number of pyridine rings is 1. The van der Waals surface area contributed by atoms with Crippen LogP contribution >= 0.6 is 0 Å². The first-order valence-electron chi connectivity index (χ1n) is 8.30. The van der Waals surface area contributed by atoms with Gasteiger partial charge in [-0.15, -0.1) is 0 Å². The van der Waals surface area contributed by atoms with Gasteiger partial charge in [0.2, 0.25) is 0 Å². The summed E-state index contributed by atoms with van der Waals surface area (Å²) in [5.41, 5.74) is 1.38. The summed E-state index contributed by atoms with van der Waals surface area (Å²) >= 11 is 0. The van der Waals surface area contributed by atoms with E-state index in [1.54, 1.807) is 0 Å². The fraction of sp³-hybridized carbons (Fsp3) is 0.368. The minimum Gasteiger partial charge on any atom is -0.337 e. The van der Waals surface area contributed by atoms with Gasteiger partial charge in [0, 0.05) is 43.8 Å². The number of hydrogen-bond acceptors (Lipinski definition) is 3. The first kappa shape index (κ1) is 14.4. The van der Waals surface area contributed by atoms with Gasteiger partial charge in [-0.25, -0.2) is 4.98 Å². The van der Waals surface area contributed by atoms with Crippen molar-refractivity contribution in [3.05, 3.63) is 60.4 Å². The van der Waals surface area contributed by atoms with Crippen LogP contribution in [0.15, 0.2) is 49.1 Å². The van der Waals surface area contributed by atoms with Crippen LogP contribution in [0.25, 0.3) is 10.8 Å². The third-order valence-corrected chi connectivity index (χ3v) is 4.92. The Morgan fingerprint density at radius 1 is 1.22 bits per heavy atom. The maximum absolute atomic E-state index is 4.44. The van der Waals surface area contributed by atoms with E-state index in [-0.39, 0.29) is 0 Å². The molecule has 4 heteroatoms. The van der Waals surface area contributed by atoms with Gasteiger partial charge >= 0.3 is 0 Å². The van der Waals surface area contributed by atoms with Crippen molar-refractivity contribution in [3.8, 4) is 0 Å². The fourth-order valence-corrected chi connectivity index (χ4v) is 3.62. The highest BCUT2D eigenvalue weighted by molar-refractivity contribution is 5.84. The minimum atomic E-state index is 0.711. The number of imidazole rings is 1. The number of aryl methyl sites for hydroxylation is 1. The van der Waals surface area contributed by atoms with Crippen molar-refractivity contribution in [3.63, 3.8) is 0 Å². The van der Waals surface area contributed by atoms with Gasteiger partial charge in [0.25, 0.3) is 0 Å². The van der Waals surface area contributed by atoms with Crippen LogP contribution in [0, 0.1) is 5.92 Å². The Hall–Kier alpha value is -2.20. The largest absolute Gasteiger partial charge is 0.337 e. The Kier molecular flexibility index (Phi) is 3.83. The predicted octanol–water partition coefficient (Wildman–Crippen LogP) is 3.03. The van der Waals surface area contributed by atoms with Crippen LogP contribution in [0.4, 0.5) is 0 Å². The molecule has 1 fully saturated rings. The Morgan fingerprint density at radius 3 is 3.00 bits per heavy atom. The number of nitrogens with zero attached hydrogens (tertiary/aromatic N) is 4. The van der Waals surface area contributed by atoms with E-state index in [4.69, 9.17) is 0 Å². The lowest BCUT2D eigenvalue weighted by molar-refractivity contribution is 0.305. The lowest BCUT2D eigenvalue weighted by atomic mass is 9.96. The van der Waals surface area contributed by atoms with Crippen molar-refractivity contribution >= 4 is 10.8 Å². The highest BCUT2D eigenvalue weighted by Crippen LogP contribution is 2.25. The van der Waals surface area contributed by atoms with Gasteiger partial charge in [0.15, 0.2) is 0 Å². The number of fused-ring (bicyclic) bond motifs is 1. The zero-order valence-corrected chi connectivity index (χ0v) is 13.5. The molecule has 1 atom stereocenters. The van der Waals surface area contributed by atoms with Crippen molar-refractivity contribution in [1.29, 1.82) is 0 Å². The van der Waals surface area contributed by atoms with Crippen LogP contribution in [0.1, 0.15) is 17.8 Å². The highest BCUT2D eigenvalue weighted by Gasteiger charge is 2.24. The number of aromatic nitrogens is 3. The van der Waals surface area contributed by atoms with Gasteiger partial charge < -0.3 is 4.57 Å². The lowest BCUT2D eigenvalue weighted by Gasteiger charge is -2.16. The first-order chi connectivity index (χ1) is 11.3. The van der Waals surface area contributed by atoms with Gasteiger partial charge in [-0.1, -0.05) is 24.3 Å². The molecular formula is C19H22N4. The van der Waals surface area contributed by atoms with E-state index in [9.17, 15) is 0 Å². The molecule has 0 spiro atoms. The molecule has 2 aromatic heterocycles. The van der Waals surface area contributed by atoms with Gasteiger partial charge in [0.05, 0.1) is 6.54 Å². The summed E-state index contributed by atoms with van der Waals surface area (Å²) in [5, 5.41) is 2.60. The first-order valence-corrected chi connectivity index (χ1v) is 8.30. The number of likely N-dealkylation sites (tertiary alicyclic amines) is 1. The molecule has 1 aromatic carbocycles. The van der Waals surface area contributed by atoms with Crippen molar-refractivity contribution in [2.75, 3.05) is 13.1 Å². The van der Waals surface area contributed by atoms with Crippen molar-refractivity contribution in [2.24, 2.45) is 13.0 Å². The molecule has 1 aliphatic rings. The van der Waals surface area contributed by atoms with E-state index in [1.807, 2.05) is 24.8 Å². The maximum Gasteiger partial charge on any atom is 0.122 e. The number of hydrogen-bond donors (Lipinski definition) is 0. The van der Waals surface area contributed by atoms with Crippen LogP contribution in [0.2, 0.25) is 0 Å². The number of benzene rings is 1. The molecule has 0 radical (unpaired) electrons. The second kappa shape index (κ2) is 6.13. The standard InChI is InChI=1S/C19H22N4/c1-22-9-7-21-19(22)14-23-8-6-15(13-23)10-17-12-20-11-16-4-2-3-5-18(16)17/h2-5,7,9,11-12,15H,6,8,10,13-14H2,1H3. The molecule has 4 rings (SSSR count). The van der Waals surface area contributed by atoms with Gasteiger partial charge in [-0.2, -0.15) is 0 Å². The monoisotopic (exact) mass is 306 g/mol. The van der Waals surface area contributed by atoms with E-state index >= 15 is 0 Å². The predicted molar refractivity (Wildman–Crippen MR) is 92.0 cm³/mol. The average molecular weight is 306 g/mol. The summed E-state index contributed by atoms with van der Waals surface area (Å²) in [4.78, 5) is 11.4. The molecule has 0 saturated carbocycles. The molecule has 4 nitrogen and oxygen atoms in total. The lowest BCUT2D eigenvalue weighted by Crippen LogP contribution is -2.22. The highest BCUT2D eigenvalue weighted by atomic mass is 15.2. The average Bonchev–Trinajstić information content (AvgIpc) is 3.18. The van der Waals surface area contributed by atoms with Crippen LogP contribution in [0.5, 0.6) is 0 Å². The molecule has 0 amide bonds. The Bertz CT molecular complexity index is 802. The third-order valence-electron chi connectivity index (χ3n) is 4.92. The molecular weight excluding hydrogens is 284 g/mol. The molecule has 1 unspecified atom stereocenters. The molecule has 1 aliphatic heterocycles. The van der Waals surface area contributed by atoms with Crippen LogP contribution in [-0.2, 0) is 20.0 Å². The minimum absolute atomic E-state index is 0.711. The molecule has 1 saturated heterocycles. The molecule has 0 bridgehead atoms. The Morgan fingerprint density at radius 2 is 2.13 bits per heavy atom. The summed E-state index contributed by atoms with van der Waals surface area (Å²) < 4.78 is 2.11. The normalized spacial score (nSPS) is 18.7. The van der Waals surface area contributed by atoms with Gasteiger partial charge in [0.1, 0.15) is 5.82 Å². The smallest absolute Gasteiger partial charge is 0.122 e. The second-order valence-corrected chi connectivity index (χ2v) is 6.57. The zero-order chi connectivity index (χ0) is 15.6. The third kappa shape index (κ3) is 2.99. The Balaban J connectivity index is 1.45. The summed E-state index contributed by atoms with van der Waals surface area (Å²) in [6.45, 7) is 3.26. The van der Waals surface area contributed by atoms with E-state index in [2.05, 4.69) is 50.7 Å². The summed E-state index contributed by atoms with van der Waals surface area (Å²) in [6, 6.07) is 8.56. The van der Waals surface area contributed by atoms with Crippen LogP contribution < -0.4 is 0 Å². The summed E-state index contributed by atoms with van der Waals surface area (Å²) in [7, 11) is 2.07. The molecule has 118 valence electrons. The van der Waals surface area contributed by atoms with Crippen molar-refractivity contribution in [1.82, 2.24) is 19.4 Å². The van der Waals surface area contributed by atoms with Crippen LogP contribution in [-0.4, -0.2) is 32.5 Å². The van der Waals surface area contributed by atoms with E-state index in [0.29, 0.717) is 5.92 Å². The van der Waals surface area contributed by atoms with E-state index < -0.39 is 0 Å². The van der Waals surface area contributed by atoms with Crippen molar-refractivity contribution < 1.29 is 0 Å². The quantitative estimate of drug-likeness (QED) is 0.743. The molecule has 0 N–H and O–H groups in total. The molecule has 0 aliphatic carbocycles. The van der Waals surface area contributed by atoms with Gasteiger partial charge in [-0.3, -0.25) is 9.88 Å².